The van der Waals surface area contributed by atoms with Gasteiger partial charge >= 0.3 is 0 Å². The number of hydrogen-bond donors (Lipinski definition) is 3. The van der Waals surface area contributed by atoms with Crippen molar-refractivity contribution in [1.29, 1.82) is 0 Å². The van der Waals surface area contributed by atoms with Crippen LogP contribution < -0.4 is 21.1 Å². The van der Waals surface area contributed by atoms with E-state index in [1.807, 2.05) is 31.2 Å². The second-order valence-electron chi connectivity index (χ2n) is 5.70. The van der Waals surface area contributed by atoms with Gasteiger partial charge in [-0.25, -0.2) is 0 Å². The van der Waals surface area contributed by atoms with Crippen molar-refractivity contribution in [3.63, 3.8) is 0 Å². The second kappa shape index (κ2) is 9.22. The van der Waals surface area contributed by atoms with Gasteiger partial charge < -0.3 is 21.1 Å². The van der Waals surface area contributed by atoms with Gasteiger partial charge in [-0.05, 0) is 49.2 Å². The summed E-state index contributed by atoms with van der Waals surface area (Å²) < 4.78 is 5.10. The maximum Gasteiger partial charge on any atom is 0.252 e. The monoisotopic (exact) mass is 375 g/mol. The van der Waals surface area contributed by atoms with E-state index in [1.54, 1.807) is 19.2 Å². The molecule has 0 aliphatic heterocycles. The molecule has 4 N–H and O–H groups in total. The number of ether oxygens (including phenoxy) is 1. The molecule has 0 bridgehead atoms. The van der Waals surface area contributed by atoms with Gasteiger partial charge in [0, 0.05) is 12.2 Å². The number of hydrogen-bond acceptors (Lipinski definition) is 4. The molecule has 0 aliphatic carbocycles. The van der Waals surface area contributed by atoms with Crippen LogP contribution in [0.4, 0.5) is 5.69 Å². The number of nitrogens with two attached hydrogens (primary N) is 1. The lowest BCUT2D eigenvalue weighted by molar-refractivity contribution is -0.117. The molecule has 2 rings (SSSR count). The van der Waals surface area contributed by atoms with Gasteiger partial charge in [-0.3, -0.25) is 9.59 Å². The molecule has 138 valence electrons. The maximum atomic E-state index is 12.3. The van der Waals surface area contributed by atoms with E-state index >= 15 is 0 Å². The molecule has 0 spiro atoms. The highest BCUT2D eigenvalue weighted by molar-refractivity contribution is 6.34. The minimum absolute atomic E-state index is 0.295. The second-order valence-corrected chi connectivity index (χ2v) is 6.11. The average molecular weight is 376 g/mol. The smallest absolute Gasteiger partial charge is 0.252 e. The zero-order chi connectivity index (χ0) is 19.1. The number of rotatable bonds is 7. The molecule has 7 heteroatoms. The number of amides is 2. The van der Waals surface area contributed by atoms with Crippen molar-refractivity contribution < 1.29 is 14.3 Å². The molecule has 6 nitrogen and oxygen atoms in total. The Balaban J connectivity index is 2.03. The van der Waals surface area contributed by atoms with Crippen molar-refractivity contribution in [2.75, 3.05) is 19.0 Å². The minimum Gasteiger partial charge on any atom is -0.497 e. The van der Waals surface area contributed by atoms with Crippen LogP contribution in [0.25, 0.3) is 0 Å². The standard InChI is InChI=1S/C19H22ClN3O3/c1-3-22-18(24)15-11-13(6-9-16(15)20)23-19(25)17(21)10-12-4-7-14(26-2)8-5-12/h4-9,11,17H,3,10,21H2,1-2H3,(H,22,24)(H,23,25)/t17-/m0/s1. The lowest BCUT2D eigenvalue weighted by atomic mass is 10.1. The molecule has 0 heterocycles. The van der Waals surface area contributed by atoms with Crippen molar-refractivity contribution in [1.82, 2.24) is 5.32 Å². The quantitative estimate of drug-likeness (QED) is 0.693. The summed E-state index contributed by atoms with van der Waals surface area (Å²) in [7, 11) is 1.59. The van der Waals surface area contributed by atoms with Crippen molar-refractivity contribution in [2.45, 2.75) is 19.4 Å². The number of halogens is 1. The number of carbonyl (C=O) groups is 2. The maximum absolute atomic E-state index is 12.3. The highest BCUT2D eigenvalue weighted by Crippen LogP contribution is 2.21. The fourth-order valence-electron chi connectivity index (χ4n) is 2.38. The van der Waals surface area contributed by atoms with Crippen molar-refractivity contribution in [3.05, 3.63) is 58.6 Å². The molecular weight excluding hydrogens is 354 g/mol. The lowest BCUT2D eigenvalue weighted by Gasteiger charge is -2.14. The average Bonchev–Trinajstić information content (AvgIpc) is 2.64. The van der Waals surface area contributed by atoms with Crippen LogP contribution in [0.5, 0.6) is 5.75 Å². The van der Waals surface area contributed by atoms with Gasteiger partial charge in [-0.1, -0.05) is 23.7 Å². The Hall–Kier alpha value is -2.57. The highest BCUT2D eigenvalue weighted by Gasteiger charge is 2.16. The first-order valence-corrected chi connectivity index (χ1v) is 8.59. The van der Waals surface area contributed by atoms with Crippen LogP contribution >= 0.6 is 11.6 Å². The van der Waals surface area contributed by atoms with E-state index in [-0.39, 0.29) is 11.8 Å². The van der Waals surface area contributed by atoms with E-state index in [0.717, 1.165) is 11.3 Å². The largest absolute Gasteiger partial charge is 0.497 e. The van der Waals surface area contributed by atoms with Crippen LogP contribution in [-0.4, -0.2) is 31.5 Å². The Labute approximate surface area is 157 Å². The van der Waals surface area contributed by atoms with Crippen LogP contribution in [-0.2, 0) is 11.2 Å². The SMILES string of the molecule is CCNC(=O)c1cc(NC(=O)[C@@H](N)Cc2ccc(OC)cc2)ccc1Cl. The summed E-state index contributed by atoms with van der Waals surface area (Å²) in [5, 5.41) is 5.71. The summed E-state index contributed by atoms with van der Waals surface area (Å²) in [5.74, 6) is 0.104. The van der Waals surface area contributed by atoms with Crippen molar-refractivity contribution in [2.24, 2.45) is 5.73 Å². The summed E-state index contributed by atoms with van der Waals surface area (Å²) in [4.78, 5) is 24.3. The molecule has 0 fully saturated rings. The third kappa shape index (κ3) is 5.21. The Bertz CT molecular complexity index is 778. The molecule has 1 atom stereocenters. The van der Waals surface area contributed by atoms with Crippen LogP contribution in [0.3, 0.4) is 0 Å². The summed E-state index contributed by atoms with van der Waals surface area (Å²) in [6, 6.07) is 11.4. The number of nitrogens with one attached hydrogen (secondary N) is 2. The van der Waals surface area contributed by atoms with Gasteiger partial charge in [0.1, 0.15) is 5.75 Å². The Morgan fingerprint density at radius 3 is 2.50 bits per heavy atom. The third-order valence-corrected chi connectivity index (χ3v) is 4.10. The molecule has 0 aliphatic rings. The Morgan fingerprint density at radius 1 is 1.19 bits per heavy atom. The number of anilines is 1. The van der Waals surface area contributed by atoms with E-state index < -0.39 is 6.04 Å². The van der Waals surface area contributed by atoms with Crippen molar-refractivity contribution in [3.8, 4) is 5.75 Å². The third-order valence-electron chi connectivity index (χ3n) is 3.77. The lowest BCUT2D eigenvalue weighted by Crippen LogP contribution is -2.37. The van der Waals surface area contributed by atoms with Gasteiger partial charge in [0.2, 0.25) is 5.91 Å². The molecule has 0 unspecified atom stereocenters. The molecular formula is C19H22ClN3O3. The summed E-state index contributed by atoms with van der Waals surface area (Å²) in [5.41, 5.74) is 7.68. The van der Waals surface area contributed by atoms with E-state index in [9.17, 15) is 9.59 Å². The molecule has 2 aromatic rings. The Morgan fingerprint density at radius 2 is 1.88 bits per heavy atom. The summed E-state index contributed by atoms with van der Waals surface area (Å²) in [6.45, 7) is 2.30. The topological polar surface area (TPSA) is 93.5 Å². The van der Waals surface area contributed by atoms with Crippen LogP contribution in [0.15, 0.2) is 42.5 Å². The normalized spacial score (nSPS) is 11.5. The van der Waals surface area contributed by atoms with Gasteiger partial charge in [0.25, 0.3) is 5.91 Å². The molecule has 0 saturated carbocycles. The van der Waals surface area contributed by atoms with Crippen molar-refractivity contribution >= 4 is 29.1 Å². The Kier molecular flexibility index (Phi) is 7.00. The fourth-order valence-corrected chi connectivity index (χ4v) is 2.58. The number of methoxy groups -OCH3 is 1. The van der Waals surface area contributed by atoms with Gasteiger partial charge in [0.05, 0.1) is 23.7 Å². The summed E-state index contributed by atoms with van der Waals surface area (Å²) >= 11 is 6.05. The molecule has 26 heavy (non-hydrogen) atoms. The van der Waals surface area contributed by atoms with Gasteiger partial charge in [-0.15, -0.1) is 0 Å². The van der Waals surface area contributed by atoms with E-state index in [0.29, 0.717) is 29.2 Å². The molecule has 0 radical (unpaired) electrons. The van der Waals surface area contributed by atoms with E-state index in [1.165, 1.54) is 6.07 Å². The number of carbonyl (C=O) groups excluding carboxylic acids is 2. The number of benzene rings is 2. The summed E-state index contributed by atoms with van der Waals surface area (Å²) in [6.07, 6.45) is 0.382. The zero-order valence-corrected chi connectivity index (χ0v) is 15.5. The van der Waals surface area contributed by atoms with Crippen LogP contribution in [0.1, 0.15) is 22.8 Å². The van der Waals surface area contributed by atoms with E-state index in [4.69, 9.17) is 22.1 Å². The van der Waals surface area contributed by atoms with E-state index in [2.05, 4.69) is 10.6 Å². The molecule has 2 amide bonds. The zero-order valence-electron chi connectivity index (χ0n) is 14.7. The predicted molar refractivity (Wildman–Crippen MR) is 103 cm³/mol. The first kappa shape index (κ1) is 19.8. The van der Waals surface area contributed by atoms with Crippen LogP contribution in [0.2, 0.25) is 5.02 Å². The van der Waals surface area contributed by atoms with Gasteiger partial charge in [-0.2, -0.15) is 0 Å². The molecule has 0 saturated heterocycles. The van der Waals surface area contributed by atoms with Gasteiger partial charge in [0.15, 0.2) is 0 Å². The first-order chi connectivity index (χ1) is 12.4. The predicted octanol–water partition coefficient (Wildman–Crippen LogP) is 2.61. The fraction of sp³-hybridized carbons (Fsp3) is 0.263. The van der Waals surface area contributed by atoms with Crippen LogP contribution in [0, 0.1) is 0 Å². The first-order valence-electron chi connectivity index (χ1n) is 8.21. The molecule has 0 aromatic heterocycles. The molecule has 2 aromatic carbocycles. The highest BCUT2D eigenvalue weighted by atomic mass is 35.5. The minimum atomic E-state index is -0.730.